The van der Waals surface area contributed by atoms with Crippen molar-refractivity contribution in [3.63, 3.8) is 0 Å². The minimum absolute atomic E-state index is 0.0423. The standard InChI is InChI=1S/C21H24N6O2S2/c1-25(8-16-11-31-13-23-16)21(29)20-17-9-26(19(28)6-15-10-30-12-22-15)5-4-18(17)27(24-20)7-14-2-3-14/h10-14H,2-9H2,1H3. The molecule has 1 fully saturated rings. The molecule has 0 radical (unpaired) electrons. The van der Waals surface area contributed by atoms with Crippen molar-refractivity contribution in [1.82, 2.24) is 29.5 Å². The lowest BCUT2D eigenvalue weighted by molar-refractivity contribution is -0.131. The van der Waals surface area contributed by atoms with Gasteiger partial charge in [-0.2, -0.15) is 5.10 Å². The van der Waals surface area contributed by atoms with E-state index in [-0.39, 0.29) is 11.8 Å². The molecule has 1 aliphatic heterocycles. The molecule has 31 heavy (non-hydrogen) atoms. The molecule has 162 valence electrons. The van der Waals surface area contributed by atoms with E-state index in [1.165, 1.54) is 35.5 Å². The van der Waals surface area contributed by atoms with E-state index in [1.54, 1.807) is 23.0 Å². The fourth-order valence-electron chi connectivity index (χ4n) is 3.97. The summed E-state index contributed by atoms with van der Waals surface area (Å²) in [5.74, 6) is 0.581. The Balaban J connectivity index is 1.38. The molecule has 3 aromatic rings. The van der Waals surface area contributed by atoms with E-state index in [0.717, 1.165) is 35.6 Å². The second kappa shape index (κ2) is 8.51. The molecular weight excluding hydrogens is 432 g/mol. The predicted octanol–water partition coefficient (Wildman–Crippen LogP) is 2.61. The minimum atomic E-state index is -0.118. The average Bonchev–Trinajstić information content (AvgIpc) is 3.14. The maximum Gasteiger partial charge on any atom is 0.274 e. The fourth-order valence-corrected chi connectivity index (χ4v) is 5.08. The Labute approximate surface area is 188 Å². The number of thiazole rings is 2. The number of rotatable bonds is 7. The molecule has 1 saturated carbocycles. The number of hydrogen-bond donors (Lipinski definition) is 0. The van der Waals surface area contributed by atoms with Crippen molar-refractivity contribution >= 4 is 34.5 Å². The van der Waals surface area contributed by atoms with Gasteiger partial charge in [0.25, 0.3) is 5.91 Å². The van der Waals surface area contributed by atoms with Crippen LogP contribution in [-0.2, 0) is 37.3 Å². The highest BCUT2D eigenvalue weighted by Crippen LogP contribution is 2.33. The molecule has 10 heteroatoms. The average molecular weight is 457 g/mol. The van der Waals surface area contributed by atoms with Crippen LogP contribution in [0.1, 0.15) is 46.0 Å². The molecule has 8 nitrogen and oxygen atoms in total. The van der Waals surface area contributed by atoms with Gasteiger partial charge in [0, 0.05) is 55.1 Å². The van der Waals surface area contributed by atoms with Crippen molar-refractivity contribution in [2.45, 2.75) is 45.3 Å². The number of aromatic nitrogens is 4. The number of amides is 2. The highest BCUT2D eigenvalue weighted by Gasteiger charge is 2.33. The van der Waals surface area contributed by atoms with Crippen LogP contribution in [0.5, 0.6) is 0 Å². The quantitative estimate of drug-likeness (QED) is 0.546. The smallest absolute Gasteiger partial charge is 0.274 e. The van der Waals surface area contributed by atoms with Gasteiger partial charge in [-0.25, -0.2) is 9.97 Å². The largest absolute Gasteiger partial charge is 0.337 e. The zero-order valence-electron chi connectivity index (χ0n) is 17.4. The zero-order chi connectivity index (χ0) is 21.4. The predicted molar refractivity (Wildman–Crippen MR) is 118 cm³/mol. The minimum Gasteiger partial charge on any atom is -0.337 e. The van der Waals surface area contributed by atoms with Crippen LogP contribution in [0.25, 0.3) is 0 Å². The SMILES string of the molecule is CN(Cc1cscn1)C(=O)c1nn(CC2CC2)c2c1CN(C(=O)Cc1cscn1)CC2. The molecule has 0 bridgehead atoms. The van der Waals surface area contributed by atoms with Crippen molar-refractivity contribution in [2.24, 2.45) is 5.92 Å². The van der Waals surface area contributed by atoms with Gasteiger partial charge >= 0.3 is 0 Å². The van der Waals surface area contributed by atoms with Gasteiger partial charge < -0.3 is 9.80 Å². The molecule has 5 rings (SSSR count). The first kappa shape index (κ1) is 20.3. The lowest BCUT2D eigenvalue weighted by Gasteiger charge is -2.28. The fraction of sp³-hybridized carbons (Fsp3) is 0.476. The van der Waals surface area contributed by atoms with Gasteiger partial charge in [0.05, 0.1) is 35.4 Å². The van der Waals surface area contributed by atoms with Crippen molar-refractivity contribution < 1.29 is 9.59 Å². The molecule has 0 saturated heterocycles. The maximum atomic E-state index is 13.3. The van der Waals surface area contributed by atoms with Crippen LogP contribution < -0.4 is 0 Å². The van der Waals surface area contributed by atoms with Crippen molar-refractivity contribution in [3.05, 3.63) is 50.1 Å². The summed E-state index contributed by atoms with van der Waals surface area (Å²) in [4.78, 5) is 38.2. The summed E-state index contributed by atoms with van der Waals surface area (Å²) in [7, 11) is 1.78. The molecule has 0 spiro atoms. The lowest BCUT2D eigenvalue weighted by atomic mass is 10.0. The number of hydrogen-bond acceptors (Lipinski definition) is 7. The third-order valence-corrected chi connectivity index (χ3v) is 7.13. The summed E-state index contributed by atoms with van der Waals surface area (Å²) in [5.41, 5.74) is 7.65. The van der Waals surface area contributed by atoms with E-state index in [4.69, 9.17) is 5.10 Å². The van der Waals surface area contributed by atoms with Crippen LogP contribution in [0.4, 0.5) is 0 Å². The third-order valence-electron chi connectivity index (χ3n) is 5.86. The van der Waals surface area contributed by atoms with Crippen LogP contribution >= 0.6 is 22.7 Å². The van der Waals surface area contributed by atoms with Gasteiger partial charge in [0.2, 0.25) is 5.91 Å². The van der Waals surface area contributed by atoms with Crippen LogP contribution in [0.2, 0.25) is 0 Å². The van der Waals surface area contributed by atoms with Gasteiger partial charge in [-0.05, 0) is 18.8 Å². The Kier molecular flexibility index (Phi) is 5.58. The molecule has 1 aliphatic carbocycles. The number of nitrogens with zero attached hydrogens (tertiary/aromatic N) is 6. The molecule has 4 heterocycles. The molecule has 0 N–H and O–H groups in total. The van der Waals surface area contributed by atoms with Crippen LogP contribution in [0, 0.1) is 5.92 Å². The van der Waals surface area contributed by atoms with Crippen molar-refractivity contribution in [2.75, 3.05) is 13.6 Å². The maximum absolute atomic E-state index is 13.3. The number of fused-ring (bicyclic) bond motifs is 1. The van der Waals surface area contributed by atoms with Gasteiger partial charge in [-0.15, -0.1) is 22.7 Å². The summed E-state index contributed by atoms with van der Waals surface area (Å²) in [5, 5.41) is 8.61. The molecular formula is C21H24N6O2S2. The molecule has 0 atom stereocenters. The third kappa shape index (κ3) is 4.40. The Morgan fingerprint density at radius 3 is 2.58 bits per heavy atom. The first-order valence-corrected chi connectivity index (χ1v) is 12.3. The van der Waals surface area contributed by atoms with Crippen LogP contribution in [0.3, 0.4) is 0 Å². The summed E-state index contributed by atoms with van der Waals surface area (Å²) in [6.07, 6.45) is 3.46. The first-order valence-electron chi connectivity index (χ1n) is 10.4. The van der Waals surface area contributed by atoms with E-state index in [9.17, 15) is 9.59 Å². The van der Waals surface area contributed by atoms with E-state index in [2.05, 4.69) is 9.97 Å². The number of carbonyl (C=O) groups excluding carboxylic acids is 2. The van der Waals surface area contributed by atoms with Gasteiger partial charge in [0.15, 0.2) is 5.69 Å². The molecule has 2 aliphatic rings. The second-order valence-corrected chi connectivity index (χ2v) is 9.70. The molecule has 2 amide bonds. The Bertz CT molecular complexity index is 1070. The summed E-state index contributed by atoms with van der Waals surface area (Å²) in [6, 6.07) is 0. The monoisotopic (exact) mass is 456 g/mol. The van der Waals surface area contributed by atoms with Gasteiger partial charge in [-0.1, -0.05) is 0 Å². The van der Waals surface area contributed by atoms with Crippen LogP contribution in [-0.4, -0.2) is 55.0 Å². The molecule has 0 aromatic carbocycles. The van der Waals surface area contributed by atoms with E-state index >= 15 is 0 Å². The first-order chi connectivity index (χ1) is 15.1. The van der Waals surface area contributed by atoms with Crippen molar-refractivity contribution in [3.8, 4) is 0 Å². The zero-order valence-corrected chi connectivity index (χ0v) is 19.0. The summed E-state index contributed by atoms with van der Waals surface area (Å²) >= 11 is 3.01. The van der Waals surface area contributed by atoms with Gasteiger partial charge in [0.1, 0.15) is 0 Å². The second-order valence-electron chi connectivity index (χ2n) is 8.26. The molecule has 0 unspecified atom stereocenters. The lowest BCUT2D eigenvalue weighted by Crippen LogP contribution is -2.38. The topological polar surface area (TPSA) is 84.2 Å². The molecule has 3 aromatic heterocycles. The Hall–Kier alpha value is -2.59. The normalized spacial score (nSPS) is 15.7. The number of carbonyl (C=O) groups is 2. The highest BCUT2D eigenvalue weighted by molar-refractivity contribution is 7.07. The van der Waals surface area contributed by atoms with E-state index < -0.39 is 0 Å². The van der Waals surface area contributed by atoms with Crippen LogP contribution in [0.15, 0.2) is 21.8 Å². The Morgan fingerprint density at radius 1 is 1.16 bits per heavy atom. The van der Waals surface area contributed by atoms with E-state index in [0.29, 0.717) is 37.7 Å². The summed E-state index contributed by atoms with van der Waals surface area (Å²) < 4.78 is 2.03. The van der Waals surface area contributed by atoms with Crippen molar-refractivity contribution in [1.29, 1.82) is 0 Å². The van der Waals surface area contributed by atoms with E-state index in [1.807, 2.05) is 20.3 Å². The highest BCUT2D eigenvalue weighted by atomic mass is 32.1. The summed E-state index contributed by atoms with van der Waals surface area (Å²) in [6.45, 7) is 2.38. The van der Waals surface area contributed by atoms with Gasteiger partial charge in [-0.3, -0.25) is 14.3 Å². The Morgan fingerprint density at radius 2 is 1.90 bits per heavy atom.